The molecule has 4 nitrogen and oxygen atoms in total. The minimum absolute atomic E-state index is 0.333. The van der Waals surface area contributed by atoms with Crippen LogP contribution in [-0.2, 0) is 17.7 Å². The first kappa shape index (κ1) is 10.7. The molecule has 2 aromatic rings. The van der Waals surface area contributed by atoms with Crippen LogP contribution in [0.4, 0.5) is 0 Å². The van der Waals surface area contributed by atoms with Gasteiger partial charge in [0.1, 0.15) is 11.3 Å². The molecule has 0 radical (unpaired) electrons. The Morgan fingerprint density at radius 2 is 2.47 bits per heavy atom. The Kier molecular flexibility index (Phi) is 2.81. The van der Waals surface area contributed by atoms with Crippen LogP contribution in [0.3, 0.4) is 0 Å². The van der Waals surface area contributed by atoms with Gasteiger partial charge in [0.05, 0.1) is 12.6 Å². The summed E-state index contributed by atoms with van der Waals surface area (Å²) in [4.78, 5) is 9.05. The molecule has 1 unspecified atom stereocenters. The molecule has 4 heteroatoms. The standard InChI is InChI=1S/C13H17N3O/c1-2-12-15-11-6-3-7-14-13(11)16(12)9-10-5-4-8-17-10/h3,6-7,10H,2,4-5,8-9H2,1H3. The second kappa shape index (κ2) is 4.45. The molecule has 0 spiro atoms. The maximum atomic E-state index is 5.70. The fraction of sp³-hybridized carbons (Fsp3) is 0.538. The zero-order valence-electron chi connectivity index (χ0n) is 10.1. The summed E-state index contributed by atoms with van der Waals surface area (Å²) in [5, 5.41) is 0. The highest BCUT2D eigenvalue weighted by Crippen LogP contribution is 2.19. The molecule has 3 rings (SSSR count). The van der Waals surface area contributed by atoms with Crippen molar-refractivity contribution >= 4 is 11.2 Å². The minimum Gasteiger partial charge on any atom is -0.376 e. The summed E-state index contributed by atoms with van der Waals surface area (Å²) in [5.74, 6) is 1.11. The predicted molar refractivity (Wildman–Crippen MR) is 65.9 cm³/mol. The van der Waals surface area contributed by atoms with Gasteiger partial charge in [0, 0.05) is 19.2 Å². The Morgan fingerprint density at radius 1 is 1.53 bits per heavy atom. The number of pyridine rings is 1. The lowest BCUT2D eigenvalue weighted by atomic mass is 10.2. The van der Waals surface area contributed by atoms with Gasteiger partial charge >= 0.3 is 0 Å². The zero-order valence-corrected chi connectivity index (χ0v) is 10.1. The highest BCUT2D eigenvalue weighted by atomic mass is 16.5. The van der Waals surface area contributed by atoms with Crippen molar-refractivity contribution < 1.29 is 4.74 Å². The number of aryl methyl sites for hydroxylation is 1. The van der Waals surface area contributed by atoms with Gasteiger partial charge in [-0.15, -0.1) is 0 Å². The fourth-order valence-corrected chi connectivity index (χ4v) is 2.46. The van der Waals surface area contributed by atoms with E-state index < -0.39 is 0 Å². The Morgan fingerprint density at radius 3 is 3.24 bits per heavy atom. The predicted octanol–water partition coefficient (Wildman–Crippen LogP) is 2.17. The molecule has 0 N–H and O–H groups in total. The van der Waals surface area contributed by atoms with E-state index in [1.807, 2.05) is 18.3 Å². The number of nitrogens with zero attached hydrogens (tertiary/aromatic N) is 3. The molecule has 3 heterocycles. The lowest BCUT2D eigenvalue weighted by molar-refractivity contribution is 0.0971. The van der Waals surface area contributed by atoms with Crippen LogP contribution in [-0.4, -0.2) is 27.2 Å². The number of aromatic nitrogens is 3. The highest BCUT2D eigenvalue weighted by Gasteiger charge is 2.19. The van der Waals surface area contributed by atoms with Crippen LogP contribution in [0.15, 0.2) is 18.3 Å². The summed E-state index contributed by atoms with van der Waals surface area (Å²) in [7, 11) is 0. The third kappa shape index (κ3) is 1.93. The van der Waals surface area contributed by atoms with E-state index in [0.29, 0.717) is 6.10 Å². The zero-order chi connectivity index (χ0) is 11.7. The molecular weight excluding hydrogens is 214 g/mol. The van der Waals surface area contributed by atoms with Crippen LogP contribution in [0, 0.1) is 0 Å². The number of imidazole rings is 1. The third-order valence-electron chi connectivity index (χ3n) is 3.31. The molecule has 90 valence electrons. The van der Waals surface area contributed by atoms with Gasteiger partial charge in [-0.05, 0) is 25.0 Å². The SMILES string of the molecule is CCc1nc2cccnc2n1CC1CCCO1. The average molecular weight is 231 g/mol. The molecule has 0 bridgehead atoms. The van der Waals surface area contributed by atoms with Crippen LogP contribution in [0.5, 0.6) is 0 Å². The van der Waals surface area contributed by atoms with Crippen LogP contribution < -0.4 is 0 Å². The molecule has 0 saturated carbocycles. The van der Waals surface area contributed by atoms with E-state index in [9.17, 15) is 0 Å². The van der Waals surface area contributed by atoms with Gasteiger partial charge in [0.2, 0.25) is 0 Å². The monoisotopic (exact) mass is 231 g/mol. The number of fused-ring (bicyclic) bond motifs is 1. The summed E-state index contributed by atoms with van der Waals surface area (Å²) in [5.41, 5.74) is 1.97. The number of hydrogen-bond donors (Lipinski definition) is 0. The Balaban J connectivity index is 1.99. The third-order valence-corrected chi connectivity index (χ3v) is 3.31. The van der Waals surface area contributed by atoms with Crippen molar-refractivity contribution in [2.24, 2.45) is 0 Å². The van der Waals surface area contributed by atoms with E-state index in [2.05, 4.69) is 21.5 Å². The quantitative estimate of drug-likeness (QED) is 0.812. The highest BCUT2D eigenvalue weighted by molar-refractivity contribution is 5.71. The summed E-state index contributed by atoms with van der Waals surface area (Å²) in [6.45, 7) is 3.91. The molecule has 0 aromatic carbocycles. The van der Waals surface area contributed by atoms with Crippen molar-refractivity contribution in [1.82, 2.24) is 14.5 Å². The lowest BCUT2D eigenvalue weighted by Gasteiger charge is -2.12. The van der Waals surface area contributed by atoms with Gasteiger partial charge in [-0.3, -0.25) is 0 Å². The van der Waals surface area contributed by atoms with Gasteiger partial charge in [0.15, 0.2) is 5.65 Å². The molecule has 1 aliphatic rings. The van der Waals surface area contributed by atoms with E-state index in [4.69, 9.17) is 4.74 Å². The van der Waals surface area contributed by atoms with E-state index in [1.165, 1.54) is 6.42 Å². The van der Waals surface area contributed by atoms with Gasteiger partial charge in [-0.25, -0.2) is 9.97 Å². The number of hydrogen-bond acceptors (Lipinski definition) is 3. The average Bonchev–Trinajstić information content (AvgIpc) is 2.98. The first-order chi connectivity index (χ1) is 8.38. The van der Waals surface area contributed by atoms with Crippen LogP contribution in [0.1, 0.15) is 25.6 Å². The summed E-state index contributed by atoms with van der Waals surface area (Å²) < 4.78 is 7.91. The van der Waals surface area contributed by atoms with Crippen molar-refractivity contribution in [3.63, 3.8) is 0 Å². The fourth-order valence-electron chi connectivity index (χ4n) is 2.46. The first-order valence-corrected chi connectivity index (χ1v) is 6.30. The Bertz CT molecular complexity index is 514. The van der Waals surface area contributed by atoms with E-state index >= 15 is 0 Å². The van der Waals surface area contributed by atoms with E-state index in [1.54, 1.807) is 0 Å². The summed E-state index contributed by atoms with van der Waals surface area (Å²) in [6.07, 6.45) is 5.42. The molecule has 0 aliphatic carbocycles. The molecule has 2 aromatic heterocycles. The molecule has 1 atom stereocenters. The molecule has 1 fully saturated rings. The molecule has 1 saturated heterocycles. The Labute approximate surface area is 101 Å². The second-order valence-corrected chi connectivity index (χ2v) is 4.47. The largest absolute Gasteiger partial charge is 0.376 e. The topological polar surface area (TPSA) is 39.9 Å². The maximum Gasteiger partial charge on any atom is 0.160 e. The van der Waals surface area contributed by atoms with Gasteiger partial charge < -0.3 is 9.30 Å². The Hall–Kier alpha value is -1.42. The molecule has 0 amide bonds. The van der Waals surface area contributed by atoms with Crippen molar-refractivity contribution in [2.75, 3.05) is 6.61 Å². The first-order valence-electron chi connectivity index (χ1n) is 6.30. The van der Waals surface area contributed by atoms with Crippen molar-refractivity contribution in [1.29, 1.82) is 0 Å². The van der Waals surface area contributed by atoms with E-state index in [-0.39, 0.29) is 0 Å². The van der Waals surface area contributed by atoms with Crippen molar-refractivity contribution in [2.45, 2.75) is 38.8 Å². The van der Waals surface area contributed by atoms with Crippen LogP contribution in [0.2, 0.25) is 0 Å². The number of ether oxygens (including phenoxy) is 1. The van der Waals surface area contributed by atoms with Crippen LogP contribution in [0.25, 0.3) is 11.2 Å². The van der Waals surface area contributed by atoms with Crippen LogP contribution >= 0.6 is 0 Å². The van der Waals surface area contributed by atoms with Crippen molar-refractivity contribution in [3.8, 4) is 0 Å². The smallest absolute Gasteiger partial charge is 0.160 e. The normalized spacial score (nSPS) is 20.2. The molecule has 17 heavy (non-hydrogen) atoms. The van der Waals surface area contributed by atoms with Gasteiger partial charge in [-0.1, -0.05) is 6.92 Å². The van der Waals surface area contributed by atoms with Gasteiger partial charge in [-0.2, -0.15) is 0 Å². The molecule has 1 aliphatic heterocycles. The molecular formula is C13H17N3O. The minimum atomic E-state index is 0.333. The number of rotatable bonds is 3. The maximum absolute atomic E-state index is 5.70. The second-order valence-electron chi connectivity index (χ2n) is 4.47. The van der Waals surface area contributed by atoms with Gasteiger partial charge in [0.25, 0.3) is 0 Å². The van der Waals surface area contributed by atoms with Crippen molar-refractivity contribution in [3.05, 3.63) is 24.2 Å². The summed E-state index contributed by atoms with van der Waals surface area (Å²) in [6, 6.07) is 3.96. The van der Waals surface area contributed by atoms with E-state index in [0.717, 1.165) is 43.0 Å². The lowest BCUT2D eigenvalue weighted by Crippen LogP contribution is -2.17. The summed E-state index contributed by atoms with van der Waals surface area (Å²) >= 11 is 0.